The quantitative estimate of drug-likeness (QED) is 0.858. The molecule has 0 spiro atoms. The summed E-state index contributed by atoms with van der Waals surface area (Å²) in [6.07, 6.45) is 0. The summed E-state index contributed by atoms with van der Waals surface area (Å²) in [6.45, 7) is 4.15. The number of carbonyl (C=O) groups excluding carboxylic acids is 1. The zero-order valence-electron chi connectivity index (χ0n) is 12.5. The summed E-state index contributed by atoms with van der Waals surface area (Å²) >= 11 is 1.66. The van der Waals surface area contributed by atoms with Crippen molar-refractivity contribution in [1.29, 1.82) is 0 Å². The molecule has 1 N–H and O–H groups in total. The van der Waals surface area contributed by atoms with Gasteiger partial charge in [-0.05, 0) is 25.0 Å². The van der Waals surface area contributed by atoms with Gasteiger partial charge in [0, 0.05) is 5.25 Å². The Labute approximate surface area is 131 Å². The zero-order chi connectivity index (χ0) is 15.1. The van der Waals surface area contributed by atoms with Crippen molar-refractivity contribution in [1.82, 2.24) is 5.32 Å². The van der Waals surface area contributed by atoms with Gasteiger partial charge in [0.05, 0.1) is 11.8 Å². The van der Waals surface area contributed by atoms with Crippen LogP contribution in [0.1, 0.15) is 36.3 Å². The first-order valence-corrected chi connectivity index (χ1v) is 8.22. The second-order valence-electron chi connectivity index (χ2n) is 5.06. The molecule has 0 aromatic heterocycles. The maximum atomic E-state index is 12.0. The number of hydrogen-bond acceptors (Lipinski definition) is 2. The molecule has 110 valence electrons. The first kappa shape index (κ1) is 15.6. The minimum Gasteiger partial charge on any atom is -0.349 e. The normalized spacial score (nSPS) is 13.4. The minimum absolute atomic E-state index is 0.0475. The Bertz CT molecular complexity index is 556. The lowest BCUT2D eigenvalue weighted by Gasteiger charge is -2.16. The molecular weight excluding hydrogens is 278 g/mol. The number of benzene rings is 2. The molecule has 1 amide bonds. The second kappa shape index (κ2) is 7.89. The molecule has 0 aliphatic carbocycles. The van der Waals surface area contributed by atoms with Crippen LogP contribution >= 0.6 is 11.8 Å². The van der Waals surface area contributed by atoms with Gasteiger partial charge in [0.1, 0.15) is 0 Å². The van der Waals surface area contributed by atoms with E-state index in [2.05, 4.69) is 24.4 Å². The summed E-state index contributed by atoms with van der Waals surface area (Å²) in [5.41, 5.74) is 2.39. The van der Waals surface area contributed by atoms with Crippen molar-refractivity contribution in [2.45, 2.75) is 25.1 Å². The lowest BCUT2D eigenvalue weighted by Crippen LogP contribution is -2.28. The van der Waals surface area contributed by atoms with Crippen LogP contribution in [0, 0.1) is 0 Å². The highest BCUT2D eigenvalue weighted by atomic mass is 32.2. The Balaban J connectivity index is 1.80. The van der Waals surface area contributed by atoms with Gasteiger partial charge < -0.3 is 5.32 Å². The lowest BCUT2D eigenvalue weighted by molar-refractivity contribution is -0.119. The van der Waals surface area contributed by atoms with Crippen molar-refractivity contribution in [3.63, 3.8) is 0 Å². The van der Waals surface area contributed by atoms with E-state index >= 15 is 0 Å². The fourth-order valence-corrected chi connectivity index (χ4v) is 2.96. The maximum Gasteiger partial charge on any atom is 0.230 e. The smallest absolute Gasteiger partial charge is 0.230 e. The van der Waals surface area contributed by atoms with E-state index in [-0.39, 0.29) is 11.9 Å². The molecule has 2 rings (SSSR count). The minimum atomic E-state index is 0.0475. The zero-order valence-corrected chi connectivity index (χ0v) is 13.3. The highest BCUT2D eigenvalue weighted by Crippen LogP contribution is 2.27. The summed E-state index contributed by atoms with van der Waals surface area (Å²) < 4.78 is 0. The predicted octanol–water partition coefficient (Wildman–Crippen LogP) is 4.36. The average molecular weight is 299 g/mol. The molecule has 0 aliphatic heterocycles. The molecule has 0 radical (unpaired) electrons. The van der Waals surface area contributed by atoms with Crippen molar-refractivity contribution >= 4 is 17.7 Å². The molecule has 21 heavy (non-hydrogen) atoms. The summed E-state index contributed by atoms with van der Waals surface area (Å²) in [6, 6.07) is 20.3. The molecule has 3 heteroatoms. The molecule has 2 aromatic carbocycles. The monoisotopic (exact) mass is 299 g/mol. The van der Waals surface area contributed by atoms with Crippen molar-refractivity contribution in [3.8, 4) is 0 Å². The highest BCUT2D eigenvalue weighted by molar-refractivity contribution is 8.00. The molecule has 2 atom stereocenters. The second-order valence-corrected chi connectivity index (χ2v) is 6.39. The number of rotatable bonds is 6. The standard InChI is InChI=1S/C18H21NOS/c1-14(16-9-5-3-6-10-16)19-18(20)13-21-15(2)17-11-7-4-8-12-17/h3-12,14-15H,13H2,1-2H3,(H,19,20)/t14-,15+/m0/s1. The van der Waals surface area contributed by atoms with Gasteiger partial charge in [0.15, 0.2) is 0 Å². The van der Waals surface area contributed by atoms with Crippen LogP contribution < -0.4 is 5.32 Å². The average Bonchev–Trinajstić information content (AvgIpc) is 2.54. The summed E-state index contributed by atoms with van der Waals surface area (Å²) in [7, 11) is 0. The molecular formula is C18H21NOS. The van der Waals surface area contributed by atoms with Crippen molar-refractivity contribution in [2.75, 3.05) is 5.75 Å². The largest absolute Gasteiger partial charge is 0.349 e. The molecule has 0 fully saturated rings. The number of amides is 1. The topological polar surface area (TPSA) is 29.1 Å². The fourth-order valence-electron chi connectivity index (χ4n) is 2.13. The fraction of sp³-hybridized carbons (Fsp3) is 0.278. The Morgan fingerprint density at radius 1 is 0.952 bits per heavy atom. The van der Waals surface area contributed by atoms with Crippen molar-refractivity contribution in [3.05, 3.63) is 71.8 Å². The number of hydrogen-bond donors (Lipinski definition) is 1. The SMILES string of the molecule is C[C@H](NC(=O)CS[C@H](C)c1ccccc1)c1ccccc1. The number of nitrogens with one attached hydrogen (secondary N) is 1. The van der Waals surface area contributed by atoms with Gasteiger partial charge in [0.2, 0.25) is 5.91 Å². The van der Waals surface area contributed by atoms with E-state index < -0.39 is 0 Å². The van der Waals surface area contributed by atoms with Crippen molar-refractivity contribution < 1.29 is 4.79 Å². The van der Waals surface area contributed by atoms with Gasteiger partial charge in [-0.25, -0.2) is 0 Å². The van der Waals surface area contributed by atoms with E-state index in [0.717, 1.165) is 5.56 Å². The molecule has 2 nitrogen and oxygen atoms in total. The summed E-state index contributed by atoms with van der Waals surface area (Å²) in [5, 5.41) is 3.37. The van der Waals surface area contributed by atoms with Gasteiger partial charge in [-0.2, -0.15) is 0 Å². The van der Waals surface area contributed by atoms with Crippen LogP contribution in [-0.4, -0.2) is 11.7 Å². The molecule has 0 saturated carbocycles. The maximum absolute atomic E-state index is 12.0. The third-order valence-electron chi connectivity index (χ3n) is 3.41. The van der Waals surface area contributed by atoms with E-state index in [1.165, 1.54) is 5.56 Å². The summed E-state index contributed by atoms with van der Waals surface area (Å²) in [4.78, 5) is 12.0. The van der Waals surface area contributed by atoms with Crippen LogP contribution in [0.5, 0.6) is 0 Å². The van der Waals surface area contributed by atoms with Gasteiger partial charge in [-0.3, -0.25) is 4.79 Å². The first-order valence-electron chi connectivity index (χ1n) is 7.17. The van der Waals surface area contributed by atoms with Crippen LogP contribution in [0.3, 0.4) is 0 Å². The van der Waals surface area contributed by atoms with E-state index in [4.69, 9.17) is 0 Å². The Kier molecular flexibility index (Phi) is 5.88. The van der Waals surface area contributed by atoms with Gasteiger partial charge in [0.25, 0.3) is 0 Å². The predicted molar refractivity (Wildman–Crippen MR) is 90.3 cm³/mol. The van der Waals surface area contributed by atoms with Gasteiger partial charge >= 0.3 is 0 Å². The Hall–Kier alpha value is -1.74. The van der Waals surface area contributed by atoms with Crippen LogP contribution in [-0.2, 0) is 4.79 Å². The van der Waals surface area contributed by atoms with Crippen LogP contribution in [0.25, 0.3) is 0 Å². The number of carbonyl (C=O) groups is 1. The Morgan fingerprint density at radius 3 is 2.05 bits per heavy atom. The Morgan fingerprint density at radius 2 is 1.48 bits per heavy atom. The molecule has 0 unspecified atom stereocenters. The van der Waals surface area contributed by atoms with Crippen LogP contribution in [0.15, 0.2) is 60.7 Å². The molecule has 0 bridgehead atoms. The third-order valence-corrected chi connectivity index (χ3v) is 4.61. The van der Waals surface area contributed by atoms with E-state index in [0.29, 0.717) is 11.0 Å². The van der Waals surface area contributed by atoms with E-state index in [1.807, 2.05) is 55.5 Å². The molecule has 2 aromatic rings. The third kappa shape index (κ3) is 4.94. The summed E-state index contributed by atoms with van der Waals surface area (Å²) in [5.74, 6) is 0.562. The van der Waals surface area contributed by atoms with Crippen molar-refractivity contribution in [2.24, 2.45) is 0 Å². The highest BCUT2D eigenvalue weighted by Gasteiger charge is 2.12. The van der Waals surface area contributed by atoms with E-state index in [1.54, 1.807) is 11.8 Å². The molecule has 0 heterocycles. The van der Waals surface area contributed by atoms with Crippen LogP contribution in [0.2, 0.25) is 0 Å². The lowest BCUT2D eigenvalue weighted by atomic mass is 10.1. The number of thioether (sulfide) groups is 1. The van der Waals surface area contributed by atoms with Gasteiger partial charge in [-0.1, -0.05) is 60.7 Å². The molecule has 0 saturated heterocycles. The van der Waals surface area contributed by atoms with E-state index in [9.17, 15) is 4.79 Å². The van der Waals surface area contributed by atoms with Crippen LogP contribution in [0.4, 0.5) is 0 Å². The first-order chi connectivity index (χ1) is 10.2. The molecule has 0 aliphatic rings. The van der Waals surface area contributed by atoms with Gasteiger partial charge in [-0.15, -0.1) is 11.8 Å².